The summed E-state index contributed by atoms with van der Waals surface area (Å²) in [6, 6.07) is 7.94. The molecule has 0 amide bonds. The first-order valence-corrected chi connectivity index (χ1v) is 15.5. The van der Waals surface area contributed by atoms with E-state index in [4.69, 9.17) is 16.3 Å². The van der Waals surface area contributed by atoms with Crippen molar-refractivity contribution in [3.8, 4) is 5.75 Å². The van der Waals surface area contributed by atoms with Gasteiger partial charge >= 0.3 is 0 Å². The predicted molar refractivity (Wildman–Crippen MR) is 156 cm³/mol. The van der Waals surface area contributed by atoms with Crippen LogP contribution in [0.2, 0.25) is 5.02 Å². The van der Waals surface area contributed by atoms with Gasteiger partial charge in [-0.05, 0) is 72.9 Å². The number of rotatable bonds is 7. The van der Waals surface area contributed by atoms with Gasteiger partial charge in [0.05, 0.1) is 35.5 Å². The third-order valence-electron chi connectivity index (χ3n) is 6.59. The van der Waals surface area contributed by atoms with Gasteiger partial charge in [-0.3, -0.25) is 9.97 Å². The van der Waals surface area contributed by atoms with E-state index in [1.165, 1.54) is 30.2 Å². The van der Waals surface area contributed by atoms with Crippen molar-refractivity contribution in [2.24, 2.45) is 0 Å². The summed E-state index contributed by atoms with van der Waals surface area (Å²) in [4.78, 5) is 17.9. The lowest BCUT2D eigenvalue weighted by Gasteiger charge is -2.25. The van der Waals surface area contributed by atoms with E-state index in [-0.39, 0.29) is 5.41 Å². The second kappa shape index (κ2) is 9.83. The fraction of sp³-hybridized carbons (Fsp3) is 0.357. The smallest absolute Gasteiger partial charge is 0.229 e. The van der Waals surface area contributed by atoms with Crippen LogP contribution in [0.5, 0.6) is 5.75 Å². The highest BCUT2D eigenvalue weighted by molar-refractivity contribution is 7.71. The van der Waals surface area contributed by atoms with Gasteiger partial charge in [-0.1, -0.05) is 32.4 Å². The van der Waals surface area contributed by atoms with Crippen LogP contribution in [0.15, 0.2) is 42.9 Å². The Balaban J connectivity index is 1.53. The number of benzene rings is 2. The van der Waals surface area contributed by atoms with Gasteiger partial charge in [0.1, 0.15) is 23.4 Å². The molecule has 8 nitrogen and oxygen atoms in total. The average Bonchev–Trinajstić information content (AvgIpc) is 3.70. The molecule has 5 rings (SSSR count). The zero-order valence-electron chi connectivity index (χ0n) is 22.5. The minimum atomic E-state index is -2.74. The number of aromatic nitrogens is 4. The first-order valence-electron chi connectivity index (χ1n) is 12.5. The van der Waals surface area contributed by atoms with E-state index in [0.717, 1.165) is 11.4 Å². The van der Waals surface area contributed by atoms with Crippen LogP contribution in [0.4, 0.5) is 23.1 Å². The van der Waals surface area contributed by atoms with Crippen molar-refractivity contribution in [1.29, 1.82) is 0 Å². The molecule has 2 aromatic heterocycles. The highest BCUT2D eigenvalue weighted by Crippen LogP contribution is 2.48. The van der Waals surface area contributed by atoms with E-state index in [0.29, 0.717) is 44.7 Å². The quantitative estimate of drug-likeness (QED) is 0.237. The van der Waals surface area contributed by atoms with Crippen molar-refractivity contribution in [2.75, 3.05) is 31.1 Å². The van der Waals surface area contributed by atoms with Gasteiger partial charge in [0.15, 0.2) is 5.82 Å². The molecule has 0 bridgehead atoms. The predicted octanol–water partition coefficient (Wildman–Crippen LogP) is 6.99. The Hall–Kier alpha value is -3.22. The number of methoxy groups -OCH3 is 1. The van der Waals surface area contributed by atoms with Crippen molar-refractivity contribution < 1.29 is 9.30 Å². The Labute approximate surface area is 228 Å². The molecule has 38 heavy (non-hydrogen) atoms. The van der Waals surface area contributed by atoms with Crippen molar-refractivity contribution in [2.45, 2.75) is 44.9 Å². The Morgan fingerprint density at radius 2 is 1.76 bits per heavy atom. The summed E-state index contributed by atoms with van der Waals surface area (Å²) in [5.41, 5.74) is 5.28. The number of hydrogen-bond acceptors (Lipinski definition) is 8. The molecule has 2 heterocycles. The van der Waals surface area contributed by atoms with Gasteiger partial charge in [0.25, 0.3) is 0 Å². The molecule has 0 spiro atoms. The van der Waals surface area contributed by atoms with Crippen molar-refractivity contribution >= 4 is 58.2 Å². The topological polar surface area (TPSA) is 102 Å². The van der Waals surface area contributed by atoms with Gasteiger partial charge in [0, 0.05) is 12.4 Å². The van der Waals surface area contributed by atoms with Crippen LogP contribution in [0, 0.1) is 0 Å². The van der Waals surface area contributed by atoms with Crippen LogP contribution in [-0.4, -0.2) is 40.4 Å². The normalized spacial score (nSPS) is 14.0. The Morgan fingerprint density at radius 3 is 2.42 bits per heavy atom. The summed E-state index contributed by atoms with van der Waals surface area (Å²) in [5, 5.41) is 7.53. The maximum Gasteiger partial charge on any atom is 0.229 e. The molecule has 198 valence electrons. The molecule has 0 atom stereocenters. The summed E-state index contributed by atoms with van der Waals surface area (Å²) < 4.78 is 19.0. The van der Waals surface area contributed by atoms with Crippen LogP contribution in [-0.2, 0) is 9.98 Å². The second-order valence-corrected chi connectivity index (χ2v) is 14.6. The van der Waals surface area contributed by atoms with Crippen molar-refractivity contribution in [3.05, 3.63) is 59.0 Å². The summed E-state index contributed by atoms with van der Waals surface area (Å²) in [5.74, 6) is 2.03. The molecule has 0 saturated heterocycles. The Morgan fingerprint density at radius 1 is 1.03 bits per heavy atom. The lowest BCUT2D eigenvalue weighted by Crippen LogP contribution is -2.15. The Kier molecular flexibility index (Phi) is 6.82. The summed E-state index contributed by atoms with van der Waals surface area (Å²) in [6.07, 6.45) is 7.13. The molecule has 0 unspecified atom stereocenters. The van der Waals surface area contributed by atoms with E-state index >= 15 is 0 Å². The van der Waals surface area contributed by atoms with Gasteiger partial charge in [-0.25, -0.2) is 4.98 Å². The third kappa shape index (κ3) is 5.33. The van der Waals surface area contributed by atoms with Crippen molar-refractivity contribution in [1.82, 2.24) is 19.9 Å². The van der Waals surface area contributed by atoms with Crippen LogP contribution in [0.3, 0.4) is 0 Å². The Bertz CT molecular complexity index is 1580. The first-order chi connectivity index (χ1) is 18.0. The summed E-state index contributed by atoms with van der Waals surface area (Å²) in [6.45, 7) is 10.1. The zero-order valence-corrected chi connectivity index (χ0v) is 24.1. The maximum absolute atomic E-state index is 13.3. The maximum atomic E-state index is 13.3. The molecular formula is C28H32ClN6O2P. The number of fused-ring (bicyclic) bond motifs is 1. The standard InChI is InChI=1S/C28H32ClN6O2P/c1-28(2,3)18-14-23(37-4)22(13-17(18)16-7-8-16)34-27-32-15-19(29)26(35-27)33-21-10-9-20-24(31-12-11-30-20)25(21)38(5,6)36/h9-16H,7-8H2,1-6H3,(H2,32,33,34,35). The molecule has 4 aromatic rings. The van der Waals surface area contributed by atoms with Crippen LogP contribution in [0.25, 0.3) is 11.0 Å². The fourth-order valence-corrected chi connectivity index (χ4v) is 6.21. The number of hydrogen-bond donors (Lipinski definition) is 2. The molecule has 1 saturated carbocycles. The monoisotopic (exact) mass is 550 g/mol. The number of halogens is 1. The second-order valence-electron chi connectivity index (χ2n) is 11.0. The van der Waals surface area contributed by atoms with Crippen molar-refractivity contribution in [3.63, 3.8) is 0 Å². The molecule has 10 heteroatoms. The molecule has 0 radical (unpaired) electrons. The van der Waals surface area contributed by atoms with E-state index in [1.54, 1.807) is 32.8 Å². The van der Waals surface area contributed by atoms with E-state index in [1.807, 2.05) is 12.1 Å². The van der Waals surface area contributed by atoms with E-state index < -0.39 is 7.14 Å². The minimum absolute atomic E-state index is 0.00245. The van der Waals surface area contributed by atoms with Gasteiger partial charge in [-0.2, -0.15) is 4.98 Å². The molecule has 1 aliphatic carbocycles. The zero-order chi connectivity index (χ0) is 27.2. The van der Waals surface area contributed by atoms with E-state index in [9.17, 15) is 4.57 Å². The molecular weight excluding hydrogens is 519 g/mol. The summed E-state index contributed by atoms with van der Waals surface area (Å²) >= 11 is 6.50. The van der Waals surface area contributed by atoms with Gasteiger partial charge < -0.3 is 19.9 Å². The average molecular weight is 551 g/mol. The highest BCUT2D eigenvalue weighted by Gasteiger charge is 2.31. The SMILES string of the molecule is COc1cc(C(C)(C)C)c(C2CC2)cc1Nc1ncc(Cl)c(Nc2ccc3nccnc3c2P(C)(C)=O)n1. The van der Waals surface area contributed by atoms with Gasteiger partial charge in [0.2, 0.25) is 5.95 Å². The van der Waals surface area contributed by atoms with Crippen LogP contribution < -0.4 is 20.7 Å². The number of nitrogens with zero attached hydrogens (tertiary/aromatic N) is 4. The first kappa shape index (κ1) is 26.4. The highest BCUT2D eigenvalue weighted by atomic mass is 35.5. The number of nitrogens with one attached hydrogen (secondary N) is 2. The van der Waals surface area contributed by atoms with E-state index in [2.05, 4.69) is 63.5 Å². The molecule has 1 fully saturated rings. The fourth-order valence-electron chi connectivity index (χ4n) is 4.68. The molecule has 1 aliphatic rings. The molecule has 0 aliphatic heterocycles. The number of ether oxygens (including phenoxy) is 1. The lowest BCUT2D eigenvalue weighted by atomic mass is 9.82. The molecule has 2 aromatic carbocycles. The van der Waals surface area contributed by atoms with Crippen LogP contribution >= 0.6 is 18.7 Å². The number of anilines is 4. The lowest BCUT2D eigenvalue weighted by molar-refractivity contribution is 0.414. The largest absolute Gasteiger partial charge is 0.495 e. The minimum Gasteiger partial charge on any atom is -0.495 e. The molecule has 2 N–H and O–H groups in total. The van der Waals surface area contributed by atoms with Gasteiger partial charge in [-0.15, -0.1) is 0 Å². The third-order valence-corrected chi connectivity index (χ3v) is 8.40. The van der Waals surface area contributed by atoms with Crippen LogP contribution in [0.1, 0.15) is 50.7 Å². The summed E-state index contributed by atoms with van der Waals surface area (Å²) in [7, 11) is -1.08.